The molecule has 296 valence electrons. The van der Waals surface area contributed by atoms with Crippen LogP contribution in [0.1, 0.15) is 45.8 Å². The molecule has 4 N–H and O–H groups in total. The third-order valence-corrected chi connectivity index (χ3v) is 11.6. The number of aryl methyl sites for hydroxylation is 1. The predicted octanol–water partition coefficient (Wildman–Crippen LogP) is 3.57. The molecule has 0 unspecified atom stereocenters. The molecule has 18 heteroatoms. The molecule has 1 fully saturated rings. The van der Waals surface area contributed by atoms with Crippen molar-refractivity contribution >= 4 is 32.9 Å². The lowest BCUT2D eigenvalue weighted by Crippen LogP contribution is -2.44. The molecule has 56 heavy (non-hydrogen) atoms. The average molecular weight is 796 g/mol. The summed E-state index contributed by atoms with van der Waals surface area (Å²) in [5.74, 6) is -1.96. The summed E-state index contributed by atoms with van der Waals surface area (Å²) in [6.07, 6.45) is -8.35. The molecule has 2 aromatic heterocycles. The lowest BCUT2D eigenvalue weighted by atomic mass is 9.91. The van der Waals surface area contributed by atoms with Gasteiger partial charge in [0, 0.05) is 32.7 Å². The zero-order chi connectivity index (χ0) is 39.8. The van der Waals surface area contributed by atoms with Crippen LogP contribution < -0.4 is 10.0 Å². The number of hydrogen-bond donors (Lipinski definition) is 4. The van der Waals surface area contributed by atoms with Crippen molar-refractivity contribution < 1.29 is 46.1 Å². The maximum Gasteiger partial charge on any atom is 0.471 e. The summed E-state index contributed by atoms with van der Waals surface area (Å²) in [6, 6.07) is 22.5. The number of aliphatic hydroxyl groups is 2. The molecule has 3 aromatic carbocycles. The summed E-state index contributed by atoms with van der Waals surface area (Å²) in [5, 5.41) is 25.0. The molecule has 2 aliphatic heterocycles. The highest BCUT2D eigenvalue weighted by Gasteiger charge is 2.45. The summed E-state index contributed by atoms with van der Waals surface area (Å²) in [6.45, 7) is 0.852. The summed E-state index contributed by atoms with van der Waals surface area (Å²) in [4.78, 5) is 26.3. The number of fused-ring (bicyclic) bond motifs is 2. The number of amides is 1. The van der Waals surface area contributed by atoms with Crippen LogP contribution in [0.2, 0.25) is 0 Å². The third-order valence-electron chi connectivity index (χ3n) is 10.1. The molecule has 14 nitrogen and oxygen atoms in total. The van der Waals surface area contributed by atoms with Crippen LogP contribution in [0.15, 0.2) is 84.0 Å². The fourth-order valence-electron chi connectivity index (χ4n) is 7.28. The number of aromatic nitrogens is 4. The van der Waals surface area contributed by atoms with Crippen molar-refractivity contribution in [1.29, 1.82) is 0 Å². The number of imidazole rings is 1. The molecule has 4 atom stereocenters. The normalized spacial score (nSPS) is 20.1. The number of alkyl halides is 3. The molecule has 5 aromatic rings. The standard InChI is InChI=1S/C38H40F3N7O7S/c1-22-13-14-29(27-19-47(16-15-25(22)27)37(51)38(39,40)41)56(52,53)44-18-30-45-34(42-17-26(23-9-5-3-6-10-23)24-11-7-4-8-12-24)31-35(46-30)48(21-43-31)36-33(50)32(49)28(55-36)20-54-2/h3-14,21,26,28,32-33,36,44,49-50H,15-20H2,1-2H3,(H,42,45,46)/t28-,32-,33-,36-/m1/s1. The maximum atomic E-state index is 13.9. The number of carbonyl (C=O) groups is 1. The van der Waals surface area contributed by atoms with E-state index in [1.165, 1.54) is 24.1 Å². The first-order valence-electron chi connectivity index (χ1n) is 17.8. The Bertz CT molecular complexity index is 2270. The molecule has 0 saturated carbocycles. The van der Waals surface area contributed by atoms with Gasteiger partial charge in [-0.1, -0.05) is 66.7 Å². The van der Waals surface area contributed by atoms with Crippen LogP contribution in [-0.2, 0) is 43.8 Å². The first kappa shape index (κ1) is 39.3. The Morgan fingerprint density at radius 2 is 1.68 bits per heavy atom. The molecule has 0 bridgehead atoms. The van der Waals surface area contributed by atoms with E-state index in [1.54, 1.807) is 13.0 Å². The average Bonchev–Trinajstić information content (AvgIpc) is 3.73. The summed E-state index contributed by atoms with van der Waals surface area (Å²) in [7, 11) is -2.98. The molecular formula is C38H40F3N7O7S. The number of carbonyl (C=O) groups excluding carboxylic acids is 1. The number of methoxy groups -OCH3 is 1. The van der Waals surface area contributed by atoms with Crippen LogP contribution in [0.4, 0.5) is 19.0 Å². The molecule has 1 amide bonds. The smallest absolute Gasteiger partial charge is 0.387 e. The second-order valence-electron chi connectivity index (χ2n) is 13.7. The Balaban J connectivity index is 1.23. The van der Waals surface area contributed by atoms with Gasteiger partial charge in [-0.05, 0) is 47.2 Å². The highest BCUT2D eigenvalue weighted by molar-refractivity contribution is 7.89. The summed E-state index contributed by atoms with van der Waals surface area (Å²) in [5.41, 5.74) is 3.83. The van der Waals surface area contributed by atoms with Gasteiger partial charge < -0.3 is 29.9 Å². The summed E-state index contributed by atoms with van der Waals surface area (Å²) < 4.78 is 83.0. The number of sulfonamides is 1. The Morgan fingerprint density at radius 3 is 2.32 bits per heavy atom. The largest absolute Gasteiger partial charge is 0.471 e. The number of nitrogens with zero attached hydrogens (tertiary/aromatic N) is 5. The minimum atomic E-state index is -5.11. The lowest BCUT2D eigenvalue weighted by Gasteiger charge is -2.31. The molecule has 4 heterocycles. The van der Waals surface area contributed by atoms with E-state index in [0.29, 0.717) is 22.6 Å². The monoisotopic (exact) mass is 795 g/mol. The van der Waals surface area contributed by atoms with Gasteiger partial charge in [-0.3, -0.25) is 9.36 Å². The fourth-order valence-corrected chi connectivity index (χ4v) is 8.51. The van der Waals surface area contributed by atoms with E-state index in [9.17, 15) is 36.6 Å². The highest BCUT2D eigenvalue weighted by Crippen LogP contribution is 2.34. The number of rotatable bonds is 12. The number of anilines is 1. The minimum absolute atomic E-state index is 0.00136. The molecular weight excluding hydrogens is 756 g/mol. The van der Waals surface area contributed by atoms with Crippen LogP contribution in [-0.4, -0.2) is 100 Å². The first-order valence-corrected chi connectivity index (χ1v) is 19.3. The number of halogens is 3. The SMILES string of the molecule is COC[C@H]1O[C@@H](n2cnc3c(NCC(c4ccccc4)c4ccccc4)nc(CNS(=O)(=O)c4ccc(C)c5c4CN(C(=O)C(F)(F)F)CC5)nc32)[C@H](O)[C@@H]1O. The topological polar surface area (TPSA) is 181 Å². The van der Waals surface area contributed by atoms with Crippen LogP contribution in [0, 0.1) is 6.92 Å². The van der Waals surface area contributed by atoms with E-state index in [0.717, 1.165) is 11.1 Å². The predicted molar refractivity (Wildman–Crippen MR) is 197 cm³/mol. The van der Waals surface area contributed by atoms with Crippen molar-refractivity contribution in [2.75, 3.05) is 32.1 Å². The molecule has 0 aliphatic carbocycles. The first-order chi connectivity index (χ1) is 26.8. The zero-order valence-corrected chi connectivity index (χ0v) is 31.2. The summed E-state index contributed by atoms with van der Waals surface area (Å²) >= 11 is 0. The minimum Gasteiger partial charge on any atom is -0.387 e. The number of nitrogens with one attached hydrogen (secondary N) is 2. The lowest BCUT2D eigenvalue weighted by molar-refractivity contribution is -0.186. The van der Waals surface area contributed by atoms with Gasteiger partial charge in [0.1, 0.15) is 24.1 Å². The quantitative estimate of drug-likeness (QED) is 0.145. The molecule has 2 aliphatic rings. The van der Waals surface area contributed by atoms with Gasteiger partial charge in [0.25, 0.3) is 0 Å². The number of benzene rings is 3. The van der Waals surface area contributed by atoms with Gasteiger partial charge in [0.15, 0.2) is 23.2 Å². The van der Waals surface area contributed by atoms with Gasteiger partial charge in [-0.2, -0.15) is 13.2 Å². The van der Waals surface area contributed by atoms with Crippen LogP contribution in [0.5, 0.6) is 0 Å². The van der Waals surface area contributed by atoms with Gasteiger partial charge in [0.05, 0.1) is 24.4 Å². The molecule has 1 saturated heterocycles. The second-order valence-corrected chi connectivity index (χ2v) is 15.4. The van der Waals surface area contributed by atoms with Crippen molar-refractivity contribution in [2.24, 2.45) is 0 Å². The van der Waals surface area contributed by atoms with E-state index in [2.05, 4.69) is 25.0 Å². The third kappa shape index (κ3) is 7.85. The van der Waals surface area contributed by atoms with Crippen molar-refractivity contribution in [3.8, 4) is 0 Å². The Morgan fingerprint density at radius 1 is 1.00 bits per heavy atom. The number of aliphatic hydroxyl groups excluding tert-OH is 2. The van der Waals surface area contributed by atoms with E-state index < -0.39 is 59.7 Å². The Hall–Kier alpha value is -4.98. The van der Waals surface area contributed by atoms with Gasteiger partial charge in [0.2, 0.25) is 10.0 Å². The van der Waals surface area contributed by atoms with Crippen LogP contribution in [0.3, 0.4) is 0 Å². The maximum absolute atomic E-state index is 13.9. The van der Waals surface area contributed by atoms with Crippen molar-refractivity contribution in [1.82, 2.24) is 29.1 Å². The van der Waals surface area contributed by atoms with Crippen molar-refractivity contribution in [3.63, 3.8) is 0 Å². The second kappa shape index (κ2) is 15.9. The molecule has 7 rings (SSSR count). The van der Waals surface area contributed by atoms with E-state index in [4.69, 9.17) is 9.47 Å². The van der Waals surface area contributed by atoms with Gasteiger partial charge in [-0.25, -0.2) is 28.1 Å². The Labute approximate surface area is 320 Å². The van der Waals surface area contributed by atoms with Gasteiger partial charge in [-0.15, -0.1) is 0 Å². The van der Waals surface area contributed by atoms with Crippen molar-refractivity contribution in [3.05, 3.63) is 113 Å². The van der Waals surface area contributed by atoms with Crippen LogP contribution in [0.25, 0.3) is 11.2 Å². The number of hydrogen-bond acceptors (Lipinski definition) is 11. The van der Waals surface area contributed by atoms with E-state index in [-0.39, 0.29) is 58.8 Å². The van der Waals surface area contributed by atoms with Crippen LogP contribution >= 0.6 is 0 Å². The van der Waals surface area contributed by atoms with E-state index >= 15 is 0 Å². The molecule has 0 spiro atoms. The Kier molecular flexibility index (Phi) is 11.1. The highest BCUT2D eigenvalue weighted by atomic mass is 32.2. The number of ether oxygens (including phenoxy) is 2. The van der Waals surface area contributed by atoms with Crippen molar-refractivity contribution in [2.45, 2.75) is 68.0 Å². The van der Waals surface area contributed by atoms with Gasteiger partial charge >= 0.3 is 12.1 Å². The molecule has 0 radical (unpaired) electrons. The fraction of sp³-hybridized carbons (Fsp3) is 0.368. The van der Waals surface area contributed by atoms with E-state index in [1.807, 2.05) is 60.7 Å². The zero-order valence-electron chi connectivity index (χ0n) is 30.3.